The van der Waals surface area contributed by atoms with Crippen LogP contribution in [0.3, 0.4) is 0 Å². The van der Waals surface area contributed by atoms with Gasteiger partial charge in [0.2, 0.25) is 5.91 Å². The minimum Gasteiger partial charge on any atom is -0.390 e. The normalized spacial score (nSPS) is 22.3. The molecular formula is C26H28F3N3O2. The standard InChI is InChI=1S/C26H28F3N3O2/c27-26(28,29)21-3-1-2-20(16-21)18-6-8-22(9-7-18)32-23(10-13-30-32)17-25(34)11-14-31(15-12-25)24(33)19-4-5-19/h1-3,6-9,13,16,19,23,34H,4-5,10-12,14-15,17H2. The molecule has 1 amide bonds. The number of halogens is 3. The first kappa shape index (κ1) is 22.9. The Kier molecular flexibility index (Phi) is 5.88. The second kappa shape index (κ2) is 8.73. The lowest BCUT2D eigenvalue weighted by Crippen LogP contribution is -2.49. The highest BCUT2D eigenvalue weighted by molar-refractivity contribution is 5.81. The Hall–Kier alpha value is -2.87. The van der Waals surface area contributed by atoms with Crippen LogP contribution in [0.25, 0.3) is 11.1 Å². The monoisotopic (exact) mass is 471 g/mol. The average molecular weight is 472 g/mol. The Morgan fingerprint density at radius 3 is 2.41 bits per heavy atom. The molecule has 1 N–H and O–H groups in total. The van der Waals surface area contributed by atoms with Gasteiger partial charge in [0.05, 0.1) is 22.9 Å². The molecule has 1 saturated carbocycles. The first-order valence-corrected chi connectivity index (χ1v) is 11.8. The van der Waals surface area contributed by atoms with Gasteiger partial charge in [0.15, 0.2) is 0 Å². The Labute approximate surface area is 196 Å². The summed E-state index contributed by atoms with van der Waals surface area (Å²) < 4.78 is 39.2. The minimum absolute atomic E-state index is 0.00455. The van der Waals surface area contributed by atoms with Gasteiger partial charge in [-0.15, -0.1) is 0 Å². The Bertz CT molecular complexity index is 1070. The molecule has 1 atom stereocenters. The zero-order valence-corrected chi connectivity index (χ0v) is 18.8. The molecule has 0 radical (unpaired) electrons. The first-order chi connectivity index (χ1) is 16.2. The van der Waals surface area contributed by atoms with Crippen LogP contribution in [0.2, 0.25) is 0 Å². The third-order valence-electron chi connectivity index (χ3n) is 7.13. The summed E-state index contributed by atoms with van der Waals surface area (Å²) in [5.41, 5.74) is 0.524. The summed E-state index contributed by atoms with van der Waals surface area (Å²) in [6, 6.07) is 12.6. The number of benzene rings is 2. The number of carbonyl (C=O) groups excluding carboxylic acids is 1. The van der Waals surface area contributed by atoms with Gasteiger partial charge < -0.3 is 10.0 Å². The Morgan fingerprint density at radius 1 is 1.06 bits per heavy atom. The molecule has 1 unspecified atom stereocenters. The van der Waals surface area contributed by atoms with Gasteiger partial charge in [-0.3, -0.25) is 9.80 Å². The Morgan fingerprint density at radius 2 is 1.76 bits per heavy atom. The predicted octanol–water partition coefficient (Wildman–Crippen LogP) is 5.09. The Balaban J connectivity index is 1.24. The number of hydrazone groups is 1. The predicted molar refractivity (Wildman–Crippen MR) is 124 cm³/mol. The van der Waals surface area contributed by atoms with E-state index in [2.05, 4.69) is 5.10 Å². The smallest absolute Gasteiger partial charge is 0.390 e. The van der Waals surface area contributed by atoms with Crippen LogP contribution in [-0.4, -0.2) is 46.9 Å². The topological polar surface area (TPSA) is 56.1 Å². The molecule has 180 valence electrons. The number of aliphatic hydroxyl groups is 1. The summed E-state index contributed by atoms with van der Waals surface area (Å²) in [6.45, 7) is 1.18. The summed E-state index contributed by atoms with van der Waals surface area (Å²) in [7, 11) is 0. The number of alkyl halides is 3. The van der Waals surface area contributed by atoms with Crippen molar-refractivity contribution in [3.8, 4) is 11.1 Å². The molecule has 0 spiro atoms. The number of anilines is 1. The van der Waals surface area contributed by atoms with Gasteiger partial charge in [0.25, 0.3) is 0 Å². The number of piperidine rings is 1. The first-order valence-electron chi connectivity index (χ1n) is 11.8. The molecule has 34 heavy (non-hydrogen) atoms. The van der Waals surface area contributed by atoms with Crippen molar-refractivity contribution in [2.45, 2.75) is 56.3 Å². The molecule has 0 bridgehead atoms. The molecule has 5 nitrogen and oxygen atoms in total. The maximum absolute atomic E-state index is 13.1. The number of rotatable bonds is 5. The fraction of sp³-hybridized carbons (Fsp3) is 0.462. The number of amides is 1. The highest BCUT2D eigenvalue weighted by Crippen LogP contribution is 2.37. The molecule has 1 aliphatic carbocycles. The van der Waals surface area contributed by atoms with Crippen molar-refractivity contribution in [3.63, 3.8) is 0 Å². The second-order valence-corrected chi connectivity index (χ2v) is 9.69. The molecule has 5 rings (SSSR count). The van der Waals surface area contributed by atoms with Crippen molar-refractivity contribution < 1.29 is 23.1 Å². The summed E-state index contributed by atoms with van der Waals surface area (Å²) in [5.74, 6) is 0.428. The summed E-state index contributed by atoms with van der Waals surface area (Å²) in [6.07, 6.45) is 1.81. The highest BCUT2D eigenvalue weighted by Gasteiger charge is 2.41. The van der Waals surface area contributed by atoms with Gasteiger partial charge in [-0.2, -0.15) is 18.3 Å². The molecular weight excluding hydrogens is 443 g/mol. The highest BCUT2D eigenvalue weighted by atomic mass is 19.4. The van der Waals surface area contributed by atoms with E-state index in [1.807, 2.05) is 28.3 Å². The molecule has 2 fully saturated rings. The van der Waals surface area contributed by atoms with E-state index in [4.69, 9.17) is 0 Å². The molecule has 8 heteroatoms. The van der Waals surface area contributed by atoms with Crippen LogP contribution in [0.4, 0.5) is 18.9 Å². The van der Waals surface area contributed by atoms with Crippen LogP contribution in [-0.2, 0) is 11.0 Å². The zero-order chi connectivity index (χ0) is 23.9. The van der Waals surface area contributed by atoms with E-state index in [1.165, 1.54) is 6.07 Å². The largest absolute Gasteiger partial charge is 0.416 e. The van der Waals surface area contributed by atoms with E-state index in [0.717, 1.165) is 30.7 Å². The number of likely N-dealkylation sites (tertiary alicyclic amines) is 1. The van der Waals surface area contributed by atoms with Gasteiger partial charge in [-0.1, -0.05) is 24.3 Å². The number of nitrogens with zero attached hydrogens (tertiary/aromatic N) is 3. The number of carbonyl (C=O) groups is 1. The third kappa shape index (κ3) is 4.82. The van der Waals surface area contributed by atoms with Crippen molar-refractivity contribution in [1.82, 2.24) is 4.90 Å². The van der Waals surface area contributed by atoms with Crippen LogP contribution >= 0.6 is 0 Å². The lowest BCUT2D eigenvalue weighted by atomic mass is 9.84. The van der Waals surface area contributed by atoms with Gasteiger partial charge in [0, 0.05) is 31.6 Å². The summed E-state index contributed by atoms with van der Waals surface area (Å²) in [4.78, 5) is 14.2. The molecule has 2 heterocycles. The third-order valence-corrected chi connectivity index (χ3v) is 7.13. The average Bonchev–Trinajstić information content (AvgIpc) is 3.58. The lowest BCUT2D eigenvalue weighted by Gasteiger charge is -2.40. The van der Waals surface area contributed by atoms with Crippen LogP contribution in [0, 0.1) is 5.92 Å². The fourth-order valence-corrected chi connectivity index (χ4v) is 4.95. The molecule has 2 aromatic rings. The van der Waals surface area contributed by atoms with E-state index < -0.39 is 17.3 Å². The van der Waals surface area contributed by atoms with Gasteiger partial charge >= 0.3 is 6.18 Å². The van der Waals surface area contributed by atoms with Gasteiger partial charge in [-0.05, 0) is 67.5 Å². The summed E-state index contributed by atoms with van der Waals surface area (Å²) >= 11 is 0. The van der Waals surface area contributed by atoms with Crippen LogP contribution in [0.5, 0.6) is 0 Å². The minimum atomic E-state index is -4.38. The van der Waals surface area contributed by atoms with Crippen molar-refractivity contribution in [2.24, 2.45) is 11.0 Å². The maximum atomic E-state index is 13.1. The van der Waals surface area contributed by atoms with Crippen molar-refractivity contribution >= 4 is 17.8 Å². The lowest BCUT2D eigenvalue weighted by molar-refractivity contribution is -0.138. The van der Waals surface area contributed by atoms with E-state index in [9.17, 15) is 23.1 Å². The quantitative estimate of drug-likeness (QED) is 0.661. The summed E-state index contributed by atoms with van der Waals surface area (Å²) in [5, 5.41) is 17.6. The fourth-order valence-electron chi connectivity index (χ4n) is 4.95. The van der Waals surface area contributed by atoms with E-state index >= 15 is 0 Å². The SMILES string of the molecule is O=C(C1CC1)N1CCC(O)(CC2CC=NN2c2ccc(-c3cccc(C(F)(F)F)c3)cc2)CC1. The molecule has 3 aliphatic rings. The van der Waals surface area contributed by atoms with Crippen molar-refractivity contribution in [3.05, 3.63) is 54.1 Å². The molecule has 1 saturated heterocycles. The zero-order valence-electron chi connectivity index (χ0n) is 18.8. The van der Waals surface area contributed by atoms with Crippen LogP contribution < -0.4 is 5.01 Å². The van der Waals surface area contributed by atoms with E-state index in [1.54, 1.807) is 18.2 Å². The van der Waals surface area contributed by atoms with Gasteiger partial charge in [-0.25, -0.2) is 0 Å². The maximum Gasteiger partial charge on any atom is 0.416 e. The molecule has 2 aliphatic heterocycles. The van der Waals surface area contributed by atoms with E-state index in [-0.39, 0.29) is 17.9 Å². The van der Waals surface area contributed by atoms with Gasteiger partial charge in [0.1, 0.15) is 0 Å². The number of hydrogen-bond acceptors (Lipinski definition) is 4. The van der Waals surface area contributed by atoms with E-state index in [0.29, 0.717) is 49.9 Å². The number of hydrogen-bond donors (Lipinski definition) is 1. The van der Waals surface area contributed by atoms with Crippen LogP contribution in [0.15, 0.2) is 53.6 Å². The van der Waals surface area contributed by atoms with Crippen LogP contribution in [0.1, 0.15) is 44.1 Å². The van der Waals surface area contributed by atoms with Crippen molar-refractivity contribution in [2.75, 3.05) is 18.1 Å². The van der Waals surface area contributed by atoms with Crippen molar-refractivity contribution in [1.29, 1.82) is 0 Å². The molecule has 0 aromatic heterocycles. The second-order valence-electron chi connectivity index (χ2n) is 9.69. The molecule has 2 aromatic carbocycles.